The highest BCUT2D eigenvalue weighted by Crippen LogP contribution is 2.27. The van der Waals surface area contributed by atoms with E-state index in [1.165, 1.54) is 6.07 Å². The first-order valence-corrected chi connectivity index (χ1v) is 6.86. The third-order valence-corrected chi connectivity index (χ3v) is 4.31. The summed E-state index contributed by atoms with van der Waals surface area (Å²) in [5.41, 5.74) is 1.88. The van der Waals surface area contributed by atoms with Gasteiger partial charge in [-0.3, -0.25) is 14.9 Å². The molecule has 1 N–H and O–H groups in total. The van der Waals surface area contributed by atoms with Crippen molar-refractivity contribution in [1.29, 1.82) is 0 Å². The van der Waals surface area contributed by atoms with Crippen molar-refractivity contribution in [2.75, 3.05) is 5.32 Å². The van der Waals surface area contributed by atoms with Crippen LogP contribution in [0.4, 0.5) is 11.4 Å². The number of nitrogens with zero attached hydrogens (tertiary/aromatic N) is 1. The summed E-state index contributed by atoms with van der Waals surface area (Å²) in [6, 6.07) is 3.11. The SMILES string of the molecule is Cc1cc(C)c([N+](=O)[O-])cc1NC(=O)C(Br)C(C)C. The zero-order valence-corrected chi connectivity index (χ0v) is 12.9. The number of nitrogens with one attached hydrogen (secondary N) is 1. The number of hydrogen-bond acceptors (Lipinski definition) is 3. The number of rotatable bonds is 4. The minimum atomic E-state index is -0.446. The van der Waals surface area contributed by atoms with E-state index in [9.17, 15) is 14.9 Å². The topological polar surface area (TPSA) is 72.2 Å². The molecule has 0 radical (unpaired) electrons. The van der Waals surface area contributed by atoms with Crippen LogP contribution in [-0.2, 0) is 4.79 Å². The number of hydrogen-bond donors (Lipinski definition) is 1. The molecule has 0 fully saturated rings. The summed E-state index contributed by atoms with van der Waals surface area (Å²) < 4.78 is 0. The van der Waals surface area contributed by atoms with Crippen LogP contribution in [0.15, 0.2) is 12.1 Å². The van der Waals surface area contributed by atoms with Gasteiger partial charge in [0.15, 0.2) is 0 Å². The zero-order valence-electron chi connectivity index (χ0n) is 11.4. The van der Waals surface area contributed by atoms with Crippen molar-refractivity contribution in [3.8, 4) is 0 Å². The van der Waals surface area contributed by atoms with Gasteiger partial charge in [-0.1, -0.05) is 29.8 Å². The Morgan fingerprint density at radius 2 is 1.89 bits per heavy atom. The lowest BCUT2D eigenvalue weighted by molar-refractivity contribution is -0.385. The van der Waals surface area contributed by atoms with Crippen LogP contribution in [0.5, 0.6) is 0 Å². The molecule has 0 saturated carbocycles. The quantitative estimate of drug-likeness (QED) is 0.521. The molecule has 104 valence electrons. The number of benzene rings is 1. The molecule has 1 unspecified atom stereocenters. The molecule has 1 aromatic carbocycles. The highest BCUT2D eigenvalue weighted by atomic mass is 79.9. The number of alkyl halides is 1. The van der Waals surface area contributed by atoms with E-state index in [1.807, 2.05) is 20.8 Å². The predicted molar refractivity (Wildman–Crippen MR) is 78.8 cm³/mol. The van der Waals surface area contributed by atoms with E-state index in [2.05, 4.69) is 21.2 Å². The number of halogens is 1. The smallest absolute Gasteiger partial charge is 0.274 e. The zero-order chi connectivity index (χ0) is 14.7. The van der Waals surface area contributed by atoms with Gasteiger partial charge in [-0.2, -0.15) is 0 Å². The van der Waals surface area contributed by atoms with E-state index in [0.717, 1.165) is 5.56 Å². The van der Waals surface area contributed by atoms with Crippen LogP contribution in [0.2, 0.25) is 0 Å². The largest absolute Gasteiger partial charge is 0.325 e. The Bertz CT molecular complexity index is 515. The van der Waals surface area contributed by atoms with E-state index in [-0.39, 0.29) is 22.3 Å². The number of anilines is 1. The maximum Gasteiger partial charge on any atom is 0.274 e. The first kappa shape index (κ1) is 15.6. The minimum absolute atomic E-state index is 0.0107. The molecule has 5 nitrogen and oxygen atoms in total. The summed E-state index contributed by atoms with van der Waals surface area (Å²) in [5.74, 6) is -0.0583. The Kier molecular flexibility index (Phi) is 5.05. The van der Waals surface area contributed by atoms with Crippen LogP contribution in [0.3, 0.4) is 0 Å². The molecule has 1 atom stereocenters. The van der Waals surface area contributed by atoms with Gasteiger partial charge in [0, 0.05) is 11.6 Å². The average Bonchev–Trinajstić information content (AvgIpc) is 2.30. The molecule has 0 aromatic heterocycles. The van der Waals surface area contributed by atoms with Crippen molar-refractivity contribution in [1.82, 2.24) is 0 Å². The Balaban J connectivity index is 3.05. The summed E-state index contributed by atoms with van der Waals surface area (Å²) in [4.78, 5) is 22.1. The van der Waals surface area contributed by atoms with Gasteiger partial charge < -0.3 is 5.32 Å². The predicted octanol–water partition coefficient (Wildman–Crippen LogP) is 3.57. The molecule has 1 amide bonds. The van der Waals surface area contributed by atoms with Gasteiger partial charge in [0.1, 0.15) is 0 Å². The van der Waals surface area contributed by atoms with Gasteiger partial charge in [0.25, 0.3) is 5.69 Å². The van der Waals surface area contributed by atoms with Crippen LogP contribution in [0.1, 0.15) is 25.0 Å². The first-order valence-electron chi connectivity index (χ1n) is 5.94. The number of aryl methyl sites for hydroxylation is 2. The fourth-order valence-electron chi connectivity index (χ4n) is 1.68. The number of amides is 1. The van der Waals surface area contributed by atoms with Gasteiger partial charge in [0.05, 0.1) is 15.4 Å². The van der Waals surface area contributed by atoms with Gasteiger partial charge in [-0.15, -0.1) is 0 Å². The third-order valence-electron chi connectivity index (χ3n) is 2.83. The third kappa shape index (κ3) is 3.76. The summed E-state index contributed by atoms with van der Waals surface area (Å²) in [7, 11) is 0. The Morgan fingerprint density at radius 1 is 1.32 bits per heavy atom. The maximum atomic E-state index is 11.9. The second-order valence-corrected chi connectivity index (χ2v) is 5.83. The molecule has 0 aliphatic rings. The van der Waals surface area contributed by atoms with Crippen LogP contribution in [0, 0.1) is 29.9 Å². The molecular formula is C13H17BrN2O3. The van der Waals surface area contributed by atoms with Gasteiger partial charge in [0.2, 0.25) is 5.91 Å². The van der Waals surface area contributed by atoms with Crippen LogP contribution < -0.4 is 5.32 Å². The molecule has 0 heterocycles. The van der Waals surface area contributed by atoms with Crippen molar-refractivity contribution in [3.05, 3.63) is 33.4 Å². The summed E-state index contributed by atoms with van der Waals surface area (Å²) in [6.07, 6.45) is 0. The highest BCUT2D eigenvalue weighted by Gasteiger charge is 2.21. The van der Waals surface area contributed by atoms with Crippen molar-refractivity contribution in [3.63, 3.8) is 0 Å². The number of nitro benzene ring substituents is 1. The van der Waals surface area contributed by atoms with E-state index in [4.69, 9.17) is 0 Å². The monoisotopic (exact) mass is 328 g/mol. The van der Waals surface area contributed by atoms with Crippen LogP contribution >= 0.6 is 15.9 Å². The number of nitro groups is 1. The molecule has 1 aromatic rings. The molecule has 19 heavy (non-hydrogen) atoms. The van der Waals surface area contributed by atoms with E-state index >= 15 is 0 Å². The standard InChI is InChI=1S/C13H17BrN2O3/c1-7(2)12(14)13(17)15-10-6-11(16(18)19)9(4)5-8(10)3/h5-7,12H,1-4H3,(H,15,17). The molecule has 0 spiro atoms. The summed E-state index contributed by atoms with van der Waals surface area (Å²) in [5, 5.41) is 13.6. The van der Waals surface area contributed by atoms with Crippen molar-refractivity contribution >= 4 is 33.2 Å². The molecule has 0 aliphatic heterocycles. The second-order valence-electron chi connectivity index (χ2n) is 4.85. The van der Waals surface area contributed by atoms with Gasteiger partial charge >= 0.3 is 0 Å². The molecule has 1 rings (SSSR count). The minimum Gasteiger partial charge on any atom is -0.325 e. The maximum absolute atomic E-state index is 11.9. The number of carbonyl (C=O) groups excluding carboxylic acids is 1. The van der Waals surface area contributed by atoms with Gasteiger partial charge in [-0.25, -0.2) is 0 Å². The summed E-state index contributed by atoms with van der Waals surface area (Å²) >= 11 is 3.31. The fraction of sp³-hybridized carbons (Fsp3) is 0.462. The van der Waals surface area contributed by atoms with Crippen molar-refractivity contribution < 1.29 is 9.72 Å². The fourth-order valence-corrected chi connectivity index (χ4v) is 1.79. The Hall–Kier alpha value is -1.43. The lowest BCUT2D eigenvalue weighted by Crippen LogP contribution is -2.27. The van der Waals surface area contributed by atoms with Crippen molar-refractivity contribution in [2.24, 2.45) is 5.92 Å². The molecular weight excluding hydrogens is 312 g/mol. The summed E-state index contributed by atoms with van der Waals surface area (Å²) in [6.45, 7) is 7.33. The lowest BCUT2D eigenvalue weighted by atomic mass is 10.1. The van der Waals surface area contributed by atoms with Crippen LogP contribution in [-0.4, -0.2) is 15.7 Å². The number of carbonyl (C=O) groups is 1. The van der Waals surface area contributed by atoms with Crippen LogP contribution in [0.25, 0.3) is 0 Å². The Morgan fingerprint density at radius 3 is 2.37 bits per heavy atom. The van der Waals surface area contributed by atoms with Gasteiger partial charge in [-0.05, 0) is 31.4 Å². The van der Waals surface area contributed by atoms with Crippen molar-refractivity contribution in [2.45, 2.75) is 32.5 Å². The molecule has 0 saturated heterocycles. The Labute approximate surface area is 120 Å². The second kappa shape index (κ2) is 6.14. The average molecular weight is 329 g/mol. The molecule has 0 bridgehead atoms. The lowest BCUT2D eigenvalue weighted by Gasteiger charge is -2.15. The normalized spacial score (nSPS) is 12.3. The molecule has 6 heteroatoms. The molecule has 0 aliphatic carbocycles. The highest BCUT2D eigenvalue weighted by molar-refractivity contribution is 9.10. The van der Waals surface area contributed by atoms with E-state index < -0.39 is 4.92 Å². The van der Waals surface area contributed by atoms with E-state index in [0.29, 0.717) is 11.3 Å². The van der Waals surface area contributed by atoms with E-state index in [1.54, 1.807) is 13.0 Å². The first-order chi connectivity index (χ1) is 8.73.